The quantitative estimate of drug-likeness (QED) is 0.194. The van der Waals surface area contributed by atoms with Gasteiger partial charge in [0.25, 0.3) is 0 Å². The Bertz CT molecular complexity index is 1650. The summed E-state index contributed by atoms with van der Waals surface area (Å²) in [5.41, 5.74) is 0. The standard InChI is InChI=1S/C36H34O2/c1-2-4-6-8-24-38-33-14-10-12-31-29(33)22-20-26-16-18-27-17-15-25-19-21-28-30(34(25)36(27)35(26)31)11-9-13-32(28)37-23-7-5-3-1/h9-22H,1-8,23-24H2. The molecule has 1 heterocycles. The zero-order valence-electron chi connectivity index (χ0n) is 22.0. The monoisotopic (exact) mass is 498 g/mol. The predicted octanol–water partition coefficient (Wildman–Crippen LogP) is 10.3. The Labute approximate surface area is 224 Å². The average Bonchev–Trinajstić information content (AvgIpc) is 2.96. The maximum atomic E-state index is 6.39. The largest absolute Gasteiger partial charge is 0.493 e. The van der Waals surface area contributed by atoms with Gasteiger partial charge in [-0.15, -0.1) is 0 Å². The fourth-order valence-electron chi connectivity index (χ4n) is 6.40. The molecule has 0 saturated heterocycles. The van der Waals surface area contributed by atoms with Crippen molar-refractivity contribution in [3.05, 3.63) is 84.9 Å². The molecular formula is C36H34O2. The highest BCUT2D eigenvalue weighted by Gasteiger charge is 2.14. The molecule has 38 heavy (non-hydrogen) atoms. The van der Waals surface area contributed by atoms with Gasteiger partial charge >= 0.3 is 0 Å². The van der Waals surface area contributed by atoms with E-state index in [9.17, 15) is 0 Å². The third kappa shape index (κ3) is 4.13. The van der Waals surface area contributed by atoms with Crippen molar-refractivity contribution in [1.82, 2.24) is 0 Å². The van der Waals surface area contributed by atoms with E-state index in [1.807, 2.05) is 0 Å². The van der Waals surface area contributed by atoms with Crippen LogP contribution in [0.15, 0.2) is 84.9 Å². The number of hydrogen-bond acceptors (Lipinski definition) is 2. The molecule has 0 saturated carbocycles. The van der Waals surface area contributed by atoms with Crippen molar-refractivity contribution in [3.8, 4) is 11.5 Å². The number of rotatable bonds is 0. The lowest BCUT2D eigenvalue weighted by Crippen LogP contribution is -1.98. The molecule has 0 amide bonds. The van der Waals surface area contributed by atoms with Crippen LogP contribution in [0, 0.1) is 0 Å². The highest BCUT2D eigenvalue weighted by molar-refractivity contribution is 6.32. The molecule has 0 aromatic heterocycles. The van der Waals surface area contributed by atoms with Gasteiger partial charge in [0.15, 0.2) is 0 Å². The van der Waals surface area contributed by atoms with E-state index in [-0.39, 0.29) is 0 Å². The summed E-state index contributed by atoms with van der Waals surface area (Å²) in [5, 5.41) is 12.6. The summed E-state index contributed by atoms with van der Waals surface area (Å²) >= 11 is 0. The van der Waals surface area contributed by atoms with Gasteiger partial charge in [0, 0.05) is 10.8 Å². The summed E-state index contributed by atoms with van der Waals surface area (Å²) in [5.74, 6) is 1.99. The van der Waals surface area contributed by atoms with E-state index >= 15 is 0 Å². The van der Waals surface area contributed by atoms with Crippen molar-refractivity contribution in [2.75, 3.05) is 13.2 Å². The van der Waals surface area contributed by atoms with Crippen LogP contribution in [0.25, 0.3) is 53.9 Å². The van der Waals surface area contributed by atoms with Gasteiger partial charge in [-0.3, -0.25) is 0 Å². The molecule has 2 heteroatoms. The Morgan fingerprint density at radius 3 is 1.21 bits per heavy atom. The summed E-state index contributed by atoms with van der Waals surface area (Å²) in [6, 6.07) is 31.2. The molecular weight excluding hydrogens is 464 g/mol. The maximum absolute atomic E-state index is 6.39. The van der Waals surface area contributed by atoms with Crippen molar-refractivity contribution < 1.29 is 9.47 Å². The van der Waals surface area contributed by atoms with Crippen LogP contribution in [0.2, 0.25) is 0 Å². The Kier molecular flexibility index (Phi) is 6.25. The van der Waals surface area contributed by atoms with E-state index < -0.39 is 0 Å². The first-order valence-corrected chi connectivity index (χ1v) is 14.4. The second-order valence-corrected chi connectivity index (χ2v) is 10.8. The second-order valence-electron chi connectivity index (χ2n) is 10.8. The van der Waals surface area contributed by atoms with Gasteiger partial charge in [-0.1, -0.05) is 111 Å². The van der Waals surface area contributed by atoms with E-state index in [1.165, 1.54) is 92.4 Å². The van der Waals surface area contributed by atoms with E-state index in [0.29, 0.717) is 0 Å². The lowest BCUT2D eigenvalue weighted by Gasteiger charge is -2.16. The third-order valence-electron chi connectivity index (χ3n) is 8.33. The number of benzene rings is 6. The molecule has 1 aliphatic heterocycles. The van der Waals surface area contributed by atoms with Crippen LogP contribution in [0.4, 0.5) is 0 Å². The van der Waals surface area contributed by atoms with E-state index in [0.717, 1.165) is 37.6 Å². The van der Waals surface area contributed by atoms with E-state index in [4.69, 9.17) is 9.47 Å². The average molecular weight is 499 g/mol. The summed E-state index contributed by atoms with van der Waals surface area (Å²) in [6.45, 7) is 1.56. The van der Waals surface area contributed by atoms with Gasteiger partial charge in [0.1, 0.15) is 11.5 Å². The Hall–Kier alpha value is -3.78. The summed E-state index contributed by atoms with van der Waals surface area (Å²) in [4.78, 5) is 0. The minimum atomic E-state index is 0.778. The fraction of sp³-hybridized carbons (Fsp3) is 0.278. The molecule has 2 nitrogen and oxygen atoms in total. The predicted molar refractivity (Wildman–Crippen MR) is 162 cm³/mol. The van der Waals surface area contributed by atoms with Crippen LogP contribution >= 0.6 is 0 Å². The SMILES string of the molecule is c1cc2c3ccc4ccc5ccc6ccc7c(cccc7c6c5c4c3c1)OCCCCCCCCCCO2. The highest BCUT2D eigenvalue weighted by atomic mass is 16.5. The zero-order chi connectivity index (χ0) is 25.3. The first-order valence-electron chi connectivity index (χ1n) is 14.4. The lowest BCUT2D eigenvalue weighted by atomic mass is 9.90. The highest BCUT2D eigenvalue weighted by Crippen LogP contribution is 2.42. The summed E-state index contributed by atoms with van der Waals surface area (Å²) < 4.78 is 12.8. The van der Waals surface area contributed by atoms with Gasteiger partial charge in [-0.25, -0.2) is 0 Å². The molecule has 0 atom stereocenters. The zero-order valence-corrected chi connectivity index (χ0v) is 22.0. The van der Waals surface area contributed by atoms with Gasteiger partial charge in [0.05, 0.1) is 13.2 Å². The van der Waals surface area contributed by atoms with Crippen molar-refractivity contribution >= 4 is 53.9 Å². The van der Waals surface area contributed by atoms with Gasteiger partial charge < -0.3 is 9.47 Å². The molecule has 7 rings (SSSR count). The molecule has 0 N–H and O–H groups in total. The molecule has 0 unspecified atom stereocenters. The Morgan fingerprint density at radius 2 is 0.737 bits per heavy atom. The van der Waals surface area contributed by atoms with Gasteiger partial charge in [-0.05, 0) is 68.1 Å². The van der Waals surface area contributed by atoms with Crippen molar-refractivity contribution in [1.29, 1.82) is 0 Å². The molecule has 0 spiro atoms. The minimum Gasteiger partial charge on any atom is -0.493 e. The first kappa shape index (κ1) is 23.3. The molecule has 8 bridgehead atoms. The Balaban J connectivity index is 1.52. The van der Waals surface area contributed by atoms with Crippen LogP contribution in [0.1, 0.15) is 51.4 Å². The topological polar surface area (TPSA) is 18.5 Å². The fourth-order valence-corrected chi connectivity index (χ4v) is 6.40. The van der Waals surface area contributed by atoms with Gasteiger partial charge in [-0.2, -0.15) is 0 Å². The van der Waals surface area contributed by atoms with Crippen LogP contribution < -0.4 is 9.47 Å². The molecule has 1 aliphatic rings. The molecule has 0 fully saturated rings. The minimum absolute atomic E-state index is 0.778. The molecule has 6 aromatic rings. The molecule has 6 aromatic carbocycles. The van der Waals surface area contributed by atoms with Crippen LogP contribution in [-0.4, -0.2) is 13.2 Å². The number of ether oxygens (including phenoxy) is 2. The van der Waals surface area contributed by atoms with Crippen molar-refractivity contribution in [3.63, 3.8) is 0 Å². The van der Waals surface area contributed by atoms with Crippen LogP contribution in [0.3, 0.4) is 0 Å². The van der Waals surface area contributed by atoms with Crippen LogP contribution in [-0.2, 0) is 0 Å². The van der Waals surface area contributed by atoms with Crippen molar-refractivity contribution in [2.45, 2.75) is 51.4 Å². The Morgan fingerprint density at radius 1 is 0.342 bits per heavy atom. The lowest BCUT2D eigenvalue weighted by molar-refractivity contribution is 0.304. The molecule has 190 valence electrons. The van der Waals surface area contributed by atoms with Crippen molar-refractivity contribution in [2.24, 2.45) is 0 Å². The first-order chi connectivity index (χ1) is 18.9. The third-order valence-corrected chi connectivity index (χ3v) is 8.33. The maximum Gasteiger partial charge on any atom is 0.127 e. The van der Waals surface area contributed by atoms with E-state index in [2.05, 4.69) is 84.9 Å². The molecule has 0 radical (unpaired) electrons. The summed E-state index contributed by atoms with van der Waals surface area (Å²) in [6.07, 6.45) is 9.90. The van der Waals surface area contributed by atoms with Gasteiger partial charge in [0.2, 0.25) is 0 Å². The van der Waals surface area contributed by atoms with Crippen LogP contribution in [0.5, 0.6) is 11.5 Å². The summed E-state index contributed by atoms with van der Waals surface area (Å²) in [7, 11) is 0. The second kappa shape index (κ2) is 10.2. The smallest absolute Gasteiger partial charge is 0.127 e. The molecule has 0 aliphatic carbocycles. The normalized spacial score (nSPS) is 15.8. The van der Waals surface area contributed by atoms with E-state index in [1.54, 1.807) is 0 Å². The number of hydrogen-bond donors (Lipinski definition) is 0.